The van der Waals surface area contributed by atoms with Gasteiger partial charge in [-0.3, -0.25) is 14.3 Å². The average molecular weight is 358 g/mol. The molecule has 0 saturated heterocycles. The number of nitrogens with zero attached hydrogens (tertiary/aromatic N) is 4. The normalized spacial score (nSPS) is 16.7. The van der Waals surface area contributed by atoms with Crippen LogP contribution in [0.1, 0.15) is 36.6 Å². The van der Waals surface area contributed by atoms with Crippen molar-refractivity contribution in [2.45, 2.75) is 25.2 Å². The number of imidazole rings is 1. The molecular weight excluding hydrogens is 340 g/mol. The van der Waals surface area contributed by atoms with E-state index in [1.807, 2.05) is 47.0 Å². The van der Waals surface area contributed by atoms with Crippen LogP contribution in [0.2, 0.25) is 0 Å². The van der Waals surface area contributed by atoms with Gasteiger partial charge in [-0.1, -0.05) is 18.2 Å². The fraction of sp³-hybridized carbons (Fsp3) is 0.200. The number of hydrogen-bond acceptors (Lipinski definition) is 5. The second-order valence-corrected chi connectivity index (χ2v) is 6.82. The van der Waals surface area contributed by atoms with Crippen molar-refractivity contribution in [3.8, 4) is 0 Å². The molecule has 5 rings (SSSR count). The van der Waals surface area contributed by atoms with Gasteiger partial charge in [0.05, 0.1) is 5.69 Å². The van der Waals surface area contributed by atoms with Crippen LogP contribution in [0.25, 0.3) is 11.2 Å². The second-order valence-electron chi connectivity index (χ2n) is 6.82. The van der Waals surface area contributed by atoms with Gasteiger partial charge in [-0.15, -0.1) is 0 Å². The minimum absolute atomic E-state index is 0.607. The van der Waals surface area contributed by atoms with E-state index in [0.29, 0.717) is 18.3 Å². The maximum absolute atomic E-state index is 11.2. The van der Waals surface area contributed by atoms with E-state index in [9.17, 15) is 4.79 Å². The van der Waals surface area contributed by atoms with Crippen LogP contribution in [0.15, 0.2) is 54.4 Å². The summed E-state index contributed by atoms with van der Waals surface area (Å²) < 4.78 is 1.88. The lowest BCUT2D eigenvalue weighted by Gasteiger charge is -2.09. The second kappa shape index (κ2) is 6.35. The van der Waals surface area contributed by atoms with E-state index in [4.69, 9.17) is 4.98 Å². The number of anilines is 2. The van der Waals surface area contributed by atoms with Crippen LogP contribution in [-0.2, 0) is 4.79 Å². The Morgan fingerprint density at radius 1 is 1.30 bits per heavy atom. The third-order valence-corrected chi connectivity index (χ3v) is 4.80. The molecule has 1 fully saturated rings. The first kappa shape index (κ1) is 15.7. The molecule has 3 aromatic heterocycles. The molecule has 7 heteroatoms. The third kappa shape index (κ3) is 3.08. The molecule has 2 aliphatic rings. The average Bonchev–Trinajstić information content (AvgIpc) is 3.33. The largest absolute Gasteiger partial charge is 0.308 e. The highest BCUT2D eigenvalue weighted by molar-refractivity contribution is 5.85. The van der Waals surface area contributed by atoms with Crippen LogP contribution in [0.4, 0.5) is 11.8 Å². The summed E-state index contributed by atoms with van der Waals surface area (Å²) in [5, 5.41) is 10.7. The zero-order valence-corrected chi connectivity index (χ0v) is 14.6. The van der Waals surface area contributed by atoms with Gasteiger partial charge < -0.3 is 5.32 Å². The molecule has 2 aliphatic carbocycles. The van der Waals surface area contributed by atoms with Gasteiger partial charge in [0.1, 0.15) is 11.9 Å². The van der Waals surface area contributed by atoms with E-state index in [1.54, 1.807) is 6.20 Å². The minimum atomic E-state index is 0.607. The Morgan fingerprint density at radius 3 is 3.07 bits per heavy atom. The van der Waals surface area contributed by atoms with Crippen molar-refractivity contribution in [1.82, 2.24) is 24.6 Å². The quantitative estimate of drug-likeness (QED) is 0.681. The van der Waals surface area contributed by atoms with Gasteiger partial charge in [-0.05, 0) is 30.9 Å². The first-order valence-corrected chi connectivity index (χ1v) is 8.99. The van der Waals surface area contributed by atoms with Gasteiger partial charge in [0.2, 0.25) is 5.95 Å². The zero-order chi connectivity index (χ0) is 18.2. The SMILES string of the molecule is O=CC1=CC(c2cc3nccn3c(Nc3cc(C4CC4)[nH]n3)n2)=CC=CC1. The maximum atomic E-state index is 11.2. The highest BCUT2D eigenvalue weighted by atomic mass is 16.1. The van der Waals surface area contributed by atoms with Crippen LogP contribution in [0, 0.1) is 0 Å². The Bertz CT molecular complexity index is 1110. The van der Waals surface area contributed by atoms with Gasteiger partial charge in [0.15, 0.2) is 5.82 Å². The fourth-order valence-corrected chi connectivity index (χ4v) is 3.20. The lowest BCUT2D eigenvalue weighted by Crippen LogP contribution is -2.04. The molecule has 0 atom stereocenters. The molecule has 0 aliphatic heterocycles. The number of carbonyl (C=O) groups excluding carboxylic acids is 1. The van der Waals surface area contributed by atoms with E-state index in [2.05, 4.69) is 20.5 Å². The zero-order valence-electron chi connectivity index (χ0n) is 14.6. The summed E-state index contributed by atoms with van der Waals surface area (Å²) in [6, 6.07) is 3.95. The Hall–Kier alpha value is -3.48. The van der Waals surface area contributed by atoms with Crippen molar-refractivity contribution >= 4 is 29.3 Å². The predicted octanol–water partition coefficient (Wildman–Crippen LogP) is 3.54. The van der Waals surface area contributed by atoms with Crippen molar-refractivity contribution in [2.24, 2.45) is 0 Å². The van der Waals surface area contributed by atoms with Crippen molar-refractivity contribution in [1.29, 1.82) is 0 Å². The van der Waals surface area contributed by atoms with Crippen LogP contribution in [-0.4, -0.2) is 30.9 Å². The van der Waals surface area contributed by atoms with Crippen molar-refractivity contribution in [3.63, 3.8) is 0 Å². The summed E-state index contributed by atoms with van der Waals surface area (Å²) in [4.78, 5) is 20.4. The first-order chi connectivity index (χ1) is 13.3. The number of nitrogens with one attached hydrogen (secondary N) is 2. The lowest BCUT2D eigenvalue weighted by atomic mass is 10.1. The van der Waals surface area contributed by atoms with E-state index < -0.39 is 0 Å². The number of rotatable bonds is 5. The van der Waals surface area contributed by atoms with Crippen molar-refractivity contribution in [2.75, 3.05) is 5.32 Å². The van der Waals surface area contributed by atoms with Gasteiger partial charge in [0, 0.05) is 41.7 Å². The summed E-state index contributed by atoms with van der Waals surface area (Å²) in [5.41, 5.74) is 4.28. The Kier molecular flexibility index (Phi) is 3.71. The topological polar surface area (TPSA) is 88.0 Å². The number of carbonyl (C=O) groups is 1. The number of hydrogen-bond donors (Lipinski definition) is 2. The van der Waals surface area contributed by atoms with Crippen LogP contribution in [0.3, 0.4) is 0 Å². The Morgan fingerprint density at radius 2 is 2.22 bits per heavy atom. The predicted molar refractivity (Wildman–Crippen MR) is 103 cm³/mol. The summed E-state index contributed by atoms with van der Waals surface area (Å²) >= 11 is 0. The molecule has 0 bridgehead atoms. The molecule has 0 radical (unpaired) electrons. The maximum Gasteiger partial charge on any atom is 0.214 e. The van der Waals surface area contributed by atoms with E-state index in [1.165, 1.54) is 12.8 Å². The van der Waals surface area contributed by atoms with Gasteiger partial charge in [0.25, 0.3) is 0 Å². The molecule has 27 heavy (non-hydrogen) atoms. The summed E-state index contributed by atoms with van der Waals surface area (Å²) in [5.74, 6) is 1.97. The number of aldehydes is 1. The molecule has 0 unspecified atom stereocenters. The highest BCUT2D eigenvalue weighted by Crippen LogP contribution is 2.39. The smallest absolute Gasteiger partial charge is 0.214 e. The van der Waals surface area contributed by atoms with E-state index in [0.717, 1.165) is 40.3 Å². The molecule has 2 N–H and O–H groups in total. The molecule has 3 heterocycles. The Labute approximate surface area is 155 Å². The third-order valence-electron chi connectivity index (χ3n) is 4.80. The van der Waals surface area contributed by atoms with E-state index >= 15 is 0 Å². The standard InChI is InChI=1S/C20H18N6O/c27-12-13-3-1-2-4-15(9-13)16-11-19-21-7-8-26(19)20(22-16)23-18-10-17(24-25-18)14-5-6-14/h1-2,4,7-12,14H,3,5-6H2,(H2,22,23,24,25). The number of allylic oxidation sites excluding steroid dienone is 6. The number of fused-ring (bicyclic) bond motifs is 1. The molecule has 134 valence electrons. The number of H-pyrrole nitrogens is 1. The molecule has 7 nitrogen and oxygen atoms in total. The van der Waals surface area contributed by atoms with Gasteiger partial charge >= 0.3 is 0 Å². The molecule has 1 saturated carbocycles. The summed E-state index contributed by atoms with van der Waals surface area (Å²) in [7, 11) is 0. The van der Waals surface area contributed by atoms with E-state index in [-0.39, 0.29) is 0 Å². The van der Waals surface area contributed by atoms with Crippen LogP contribution >= 0.6 is 0 Å². The van der Waals surface area contributed by atoms with Gasteiger partial charge in [-0.2, -0.15) is 5.10 Å². The highest BCUT2D eigenvalue weighted by Gasteiger charge is 2.25. The number of aromatic amines is 1. The van der Waals surface area contributed by atoms with Crippen molar-refractivity contribution < 1.29 is 4.79 Å². The summed E-state index contributed by atoms with van der Waals surface area (Å²) in [6.07, 6.45) is 15.3. The van der Waals surface area contributed by atoms with Crippen LogP contribution < -0.4 is 5.32 Å². The Balaban J connectivity index is 1.55. The molecule has 0 amide bonds. The molecule has 0 spiro atoms. The summed E-state index contributed by atoms with van der Waals surface area (Å²) in [6.45, 7) is 0. The fourth-order valence-electron chi connectivity index (χ4n) is 3.20. The number of aromatic nitrogens is 5. The lowest BCUT2D eigenvalue weighted by molar-refractivity contribution is -0.104. The minimum Gasteiger partial charge on any atom is -0.308 e. The van der Waals surface area contributed by atoms with Crippen LogP contribution in [0.5, 0.6) is 0 Å². The van der Waals surface area contributed by atoms with Gasteiger partial charge in [-0.25, -0.2) is 9.97 Å². The van der Waals surface area contributed by atoms with Crippen molar-refractivity contribution in [3.05, 3.63) is 65.8 Å². The molecule has 0 aromatic carbocycles. The monoisotopic (exact) mass is 358 g/mol. The molecular formula is C20H18N6O. The first-order valence-electron chi connectivity index (χ1n) is 8.99. The molecule has 3 aromatic rings.